The van der Waals surface area contributed by atoms with Gasteiger partial charge in [-0.25, -0.2) is 9.59 Å². The first kappa shape index (κ1) is 18.2. The predicted molar refractivity (Wildman–Crippen MR) is 88.4 cm³/mol. The highest BCUT2D eigenvalue weighted by Crippen LogP contribution is 2.42. The number of methoxy groups -OCH3 is 2. The first-order valence-electron chi connectivity index (χ1n) is 7.42. The number of dihydropyridines is 1. The second kappa shape index (κ2) is 7.16. The zero-order valence-corrected chi connectivity index (χ0v) is 14.3. The molecular weight excluding hydrogens is 330 g/mol. The minimum atomic E-state index is -0.970. The molecule has 8 heteroatoms. The van der Waals surface area contributed by atoms with Gasteiger partial charge in [0.05, 0.1) is 36.2 Å². The summed E-state index contributed by atoms with van der Waals surface area (Å²) in [5.41, 5.74) is 1.19. The molecule has 1 aromatic carbocycles. The van der Waals surface area contributed by atoms with Crippen LogP contribution in [0.3, 0.4) is 0 Å². The molecule has 0 bridgehead atoms. The van der Waals surface area contributed by atoms with Gasteiger partial charge in [-0.1, -0.05) is 18.2 Å². The van der Waals surface area contributed by atoms with Crippen LogP contribution in [0.2, 0.25) is 0 Å². The van der Waals surface area contributed by atoms with Crippen LogP contribution in [0.4, 0.5) is 5.69 Å². The molecule has 0 saturated carbocycles. The zero-order valence-electron chi connectivity index (χ0n) is 14.3. The van der Waals surface area contributed by atoms with E-state index in [4.69, 9.17) is 9.47 Å². The summed E-state index contributed by atoms with van der Waals surface area (Å²) in [6.07, 6.45) is 0. The number of nitro groups is 1. The Bertz CT molecular complexity index is 771. The second-order valence-electron chi connectivity index (χ2n) is 5.43. The molecule has 1 N–H and O–H groups in total. The Balaban J connectivity index is 2.80. The standard InChI is InChI=1S/C17H18N2O6/c1-9-13(16(20)24-3)15(14(10(2)18-9)17(21)25-4)11-7-5-6-8-12(11)19(22)23/h5-8,15,18H,1-4H3/i9+2. The Morgan fingerprint density at radius 1 is 1.20 bits per heavy atom. The average Bonchev–Trinajstić information content (AvgIpc) is 2.59. The smallest absolute Gasteiger partial charge is 0.336 e. The number of nitro benzene ring substituents is 1. The number of hydrogen-bond acceptors (Lipinski definition) is 7. The van der Waals surface area contributed by atoms with E-state index in [9.17, 15) is 19.7 Å². The van der Waals surface area contributed by atoms with E-state index in [2.05, 4.69) is 5.32 Å². The maximum atomic E-state index is 12.3. The zero-order chi connectivity index (χ0) is 18.7. The monoisotopic (exact) mass is 348 g/mol. The van der Waals surface area contributed by atoms with Crippen LogP contribution in [-0.2, 0) is 19.1 Å². The number of nitrogens with zero attached hydrogens (tertiary/aromatic N) is 1. The highest BCUT2D eigenvalue weighted by atomic mass is 16.6. The van der Waals surface area contributed by atoms with Crippen LogP contribution in [-0.4, -0.2) is 31.1 Å². The number of carbonyl (C=O) groups excluding carboxylic acids is 2. The van der Waals surface area contributed by atoms with Crippen molar-refractivity contribution < 1.29 is 24.0 Å². The van der Waals surface area contributed by atoms with Gasteiger partial charge in [-0.15, -0.1) is 0 Å². The highest BCUT2D eigenvalue weighted by Gasteiger charge is 2.40. The molecule has 1 aromatic rings. The molecule has 0 aromatic heterocycles. The lowest BCUT2D eigenvalue weighted by Crippen LogP contribution is -2.32. The van der Waals surface area contributed by atoms with Crippen molar-refractivity contribution in [2.75, 3.05) is 14.2 Å². The molecule has 1 atom stereocenters. The number of esters is 2. The Hall–Kier alpha value is -3.16. The van der Waals surface area contributed by atoms with E-state index in [0.717, 1.165) is 0 Å². The summed E-state index contributed by atoms with van der Waals surface area (Å²) in [5.74, 6) is -2.33. The minimum absolute atomic E-state index is 0.128. The quantitative estimate of drug-likeness (QED) is 0.505. The number of hydrogen-bond donors (Lipinski definition) is 1. The van der Waals surface area contributed by atoms with E-state index >= 15 is 0 Å². The summed E-state index contributed by atoms with van der Waals surface area (Å²) in [5, 5.41) is 14.4. The first-order valence-corrected chi connectivity index (χ1v) is 7.42. The lowest BCUT2D eigenvalue weighted by molar-refractivity contribution is -0.385. The maximum absolute atomic E-state index is 12.3. The van der Waals surface area contributed by atoms with Crippen molar-refractivity contribution in [3.8, 4) is 0 Å². The third-order valence-electron chi connectivity index (χ3n) is 4.02. The molecule has 8 nitrogen and oxygen atoms in total. The molecule has 0 aliphatic carbocycles. The van der Waals surface area contributed by atoms with E-state index in [1.807, 2.05) is 0 Å². The lowest BCUT2D eigenvalue weighted by atomic mass is 9.83. The van der Waals surface area contributed by atoms with Crippen molar-refractivity contribution in [1.29, 1.82) is 0 Å². The van der Waals surface area contributed by atoms with Gasteiger partial charge in [0, 0.05) is 23.0 Å². The molecule has 0 spiro atoms. The molecule has 132 valence electrons. The number of benzene rings is 1. The third kappa shape index (κ3) is 3.23. The number of ether oxygens (including phenoxy) is 2. The fraction of sp³-hybridized carbons (Fsp3) is 0.294. The largest absolute Gasteiger partial charge is 0.466 e. The van der Waals surface area contributed by atoms with Gasteiger partial charge in [-0.3, -0.25) is 10.1 Å². The fourth-order valence-electron chi connectivity index (χ4n) is 2.96. The van der Waals surface area contributed by atoms with Crippen LogP contribution in [0.15, 0.2) is 46.8 Å². The van der Waals surface area contributed by atoms with Crippen molar-refractivity contribution >= 4 is 17.6 Å². The lowest BCUT2D eigenvalue weighted by Gasteiger charge is -2.29. The molecule has 0 saturated heterocycles. The fourth-order valence-corrected chi connectivity index (χ4v) is 2.96. The van der Waals surface area contributed by atoms with Crippen molar-refractivity contribution in [3.63, 3.8) is 0 Å². The SMILES string of the molecule is COC(=O)C1=C(C)N[14C](C)=C(C(=O)OC)C1c1ccccc1[N+](=O)[O-]. The topological polar surface area (TPSA) is 108 Å². The van der Waals surface area contributed by atoms with Crippen LogP contribution in [0.25, 0.3) is 0 Å². The van der Waals surface area contributed by atoms with E-state index in [1.165, 1.54) is 32.4 Å². The van der Waals surface area contributed by atoms with Crippen LogP contribution in [0.5, 0.6) is 0 Å². The molecule has 1 unspecified atom stereocenters. The Labute approximate surface area is 144 Å². The van der Waals surface area contributed by atoms with Gasteiger partial charge in [-0.05, 0) is 13.8 Å². The predicted octanol–water partition coefficient (Wildman–Crippen LogP) is 2.18. The summed E-state index contributed by atoms with van der Waals surface area (Å²) >= 11 is 0. The molecule has 1 aliphatic rings. The van der Waals surface area contributed by atoms with Gasteiger partial charge in [-0.2, -0.15) is 0 Å². The van der Waals surface area contributed by atoms with Gasteiger partial charge in [0.25, 0.3) is 5.69 Å². The minimum Gasteiger partial charge on any atom is -0.466 e. The Kier molecular flexibility index (Phi) is 5.21. The number of nitrogens with one attached hydrogen (secondary N) is 1. The molecule has 1 heterocycles. The molecule has 25 heavy (non-hydrogen) atoms. The van der Waals surface area contributed by atoms with E-state index in [1.54, 1.807) is 19.9 Å². The number of carbonyl (C=O) groups is 2. The van der Waals surface area contributed by atoms with Gasteiger partial charge < -0.3 is 14.8 Å². The molecule has 1 aliphatic heterocycles. The van der Waals surface area contributed by atoms with Gasteiger partial charge in [0.15, 0.2) is 0 Å². The summed E-state index contributed by atoms with van der Waals surface area (Å²) in [7, 11) is 2.42. The first-order chi connectivity index (χ1) is 11.8. The Morgan fingerprint density at radius 3 is 2.36 bits per heavy atom. The van der Waals surface area contributed by atoms with Crippen molar-refractivity contribution in [2.24, 2.45) is 0 Å². The molecule has 0 radical (unpaired) electrons. The molecular formula is C17H18N2O6. The second-order valence-corrected chi connectivity index (χ2v) is 5.43. The van der Waals surface area contributed by atoms with E-state index in [0.29, 0.717) is 11.4 Å². The molecule has 0 amide bonds. The number of rotatable bonds is 4. The van der Waals surface area contributed by atoms with Gasteiger partial charge in [0.1, 0.15) is 0 Å². The van der Waals surface area contributed by atoms with Crippen LogP contribution >= 0.6 is 0 Å². The van der Waals surface area contributed by atoms with E-state index < -0.39 is 22.8 Å². The number of para-hydroxylation sites is 1. The van der Waals surface area contributed by atoms with Crippen LogP contribution in [0.1, 0.15) is 25.3 Å². The van der Waals surface area contributed by atoms with Crippen molar-refractivity contribution in [3.05, 3.63) is 62.5 Å². The Morgan fingerprint density at radius 2 is 1.80 bits per heavy atom. The highest BCUT2D eigenvalue weighted by molar-refractivity contribution is 6.00. The summed E-state index contributed by atoms with van der Waals surface area (Å²) in [4.78, 5) is 35.6. The van der Waals surface area contributed by atoms with Crippen molar-refractivity contribution in [1.82, 2.24) is 5.32 Å². The summed E-state index contributed by atoms with van der Waals surface area (Å²) in [6, 6.07) is 5.97. The molecule has 0 fully saturated rings. The summed E-state index contributed by atoms with van der Waals surface area (Å²) in [6.45, 7) is 3.29. The van der Waals surface area contributed by atoms with Crippen LogP contribution in [0, 0.1) is 10.1 Å². The normalized spacial score (nSPS) is 17.0. The third-order valence-corrected chi connectivity index (χ3v) is 4.02. The van der Waals surface area contributed by atoms with Crippen molar-refractivity contribution in [2.45, 2.75) is 19.8 Å². The van der Waals surface area contributed by atoms with Gasteiger partial charge >= 0.3 is 11.9 Å². The summed E-state index contributed by atoms with van der Waals surface area (Å²) < 4.78 is 9.66. The average molecular weight is 348 g/mol. The van der Waals surface area contributed by atoms with Gasteiger partial charge in [0.2, 0.25) is 0 Å². The number of allylic oxidation sites excluding steroid dienone is 2. The van der Waals surface area contributed by atoms with E-state index in [-0.39, 0.29) is 22.4 Å². The van der Waals surface area contributed by atoms with Crippen LogP contribution < -0.4 is 5.32 Å². The molecule has 2 rings (SSSR count). The maximum Gasteiger partial charge on any atom is 0.336 e.